The van der Waals surface area contributed by atoms with Crippen LogP contribution in [0.25, 0.3) is 0 Å². The van der Waals surface area contributed by atoms with Gasteiger partial charge in [0.25, 0.3) is 0 Å². The average molecular weight is 281 g/mol. The molecule has 1 aromatic carbocycles. The fourth-order valence-electron chi connectivity index (χ4n) is 1.68. The minimum atomic E-state index is -3.60. The summed E-state index contributed by atoms with van der Waals surface area (Å²) >= 11 is 0. The van der Waals surface area contributed by atoms with Crippen molar-refractivity contribution in [3.05, 3.63) is 30.1 Å². The molecule has 7 heteroatoms. The van der Waals surface area contributed by atoms with E-state index in [9.17, 15) is 12.8 Å². The highest BCUT2D eigenvalue weighted by molar-refractivity contribution is 7.89. The second-order valence-electron chi connectivity index (χ2n) is 3.77. The maximum absolute atomic E-state index is 12.9. The number of hydrogen-bond acceptors (Lipinski definition) is 3. The van der Waals surface area contributed by atoms with Crippen LogP contribution in [0.2, 0.25) is 0 Å². The second-order valence-corrected chi connectivity index (χ2v) is 5.48. The zero-order valence-electron chi connectivity index (χ0n) is 9.02. The Morgan fingerprint density at radius 2 is 2.18 bits per heavy atom. The first-order valence-corrected chi connectivity index (χ1v) is 6.55. The zero-order valence-corrected chi connectivity index (χ0v) is 10.7. The van der Waals surface area contributed by atoms with Crippen LogP contribution in [0.15, 0.2) is 29.2 Å². The number of rotatable bonds is 3. The molecule has 1 fully saturated rings. The predicted molar refractivity (Wildman–Crippen MR) is 65.2 cm³/mol. The number of sulfonamides is 1. The van der Waals surface area contributed by atoms with E-state index in [-0.39, 0.29) is 23.3 Å². The van der Waals surface area contributed by atoms with Gasteiger partial charge in [-0.2, -0.15) is 0 Å². The lowest BCUT2D eigenvalue weighted by atomic mass is 10.3. The molecule has 1 atom stereocenters. The van der Waals surface area contributed by atoms with E-state index in [0.717, 1.165) is 19.0 Å². The summed E-state index contributed by atoms with van der Waals surface area (Å²) in [7, 11) is -3.60. The van der Waals surface area contributed by atoms with Crippen LogP contribution < -0.4 is 10.0 Å². The Morgan fingerprint density at radius 3 is 2.76 bits per heavy atom. The lowest BCUT2D eigenvalue weighted by Crippen LogP contribution is -2.36. The normalized spacial score (nSPS) is 19.9. The number of halogens is 2. The molecule has 1 unspecified atom stereocenters. The SMILES string of the molecule is Cl.O=S(=O)(NC1CCNC1)c1cccc(F)c1. The summed E-state index contributed by atoms with van der Waals surface area (Å²) in [4.78, 5) is -0.0283. The molecule has 1 saturated heterocycles. The van der Waals surface area contributed by atoms with Gasteiger partial charge < -0.3 is 5.32 Å². The van der Waals surface area contributed by atoms with Crippen LogP contribution in [0.1, 0.15) is 6.42 Å². The standard InChI is InChI=1S/C10H13FN2O2S.ClH/c11-8-2-1-3-10(6-8)16(14,15)13-9-4-5-12-7-9;/h1-3,6,9,12-13H,4-5,7H2;1H. The lowest BCUT2D eigenvalue weighted by Gasteiger charge is -2.11. The summed E-state index contributed by atoms with van der Waals surface area (Å²) < 4.78 is 39.1. The molecule has 0 amide bonds. The maximum atomic E-state index is 12.9. The minimum Gasteiger partial charge on any atom is -0.315 e. The van der Waals surface area contributed by atoms with Crippen LogP contribution in [-0.2, 0) is 10.0 Å². The number of hydrogen-bond donors (Lipinski definition) is 2. The predicted octanol–water partition coefficient (Wildman–Crippen LogP) is 0.888. The van der Waals surface area contributed by atoms with Crippen molar-refractivity contribution in [3.63, 3.8) is 0 Å². The Hall–Kier alpha value is -0.690. The monoisotopic (exact) mass is 280 g/mol. The first-order valence-electron chi connectivity index (χ1n) is 5.06. The third-order valence-electron chi connectivity index (χ3n) is 2.49. The van der Waals surface area contributed by atoms with Gasteiger partial charge in [0.15, 0.2) is 0 Å². The van der Waals surface area contributed by atoms with E-state index >= 15 is 0 Å². The molecule has 0 aliphatic carbocycles. The van der Waals surface area contributed by atoms with E-state index in [1.165, 1.54) is 18.2 Å². The molecule has 96 valence electrons. The highest BCUT2D eigenvalue weighted by atomic mass is 35.5. The van der Waals surface area contributed by atoms with Gasteiger partial charge >= 0.3 is 0 Å². The summed E-state index contributed by atoms with van der Waals surface area (Å²) in [6.45, 7) is 1.42. The molecule has 1 heterocycles. The average Bonchev–Trinajstić information content (AvgIpc) is 2.70. The third-order valence-corrected chi connectivity index (χ3v) is 4.01. The number of nitrogens with one attached hydrogen (secondary N) is 2. The van der Waals surface area contributed by atoms with Gasteiger partial charge in [-0.15, -0.1) is 12.4 Å². The highest BCUT2D eigenvalue weighted by Gasteiger charge is 2.22. The van der Waals surface area contributed by atoms with Crippen molar-refractivity contribution >= 4 is 22.4 Å². The quantitative estimate of drug-likeness (QED) is 0.864. The molecule has 0 radical (unpaired) electrons. The van der Waals surface area contributed by atoms with Crippen molar-refractivity contribution < 1.29 is 12.8 Å². The van der Waals surface area contributed by atoms with E-state index in [2.05, 4.69) is 10.0 Å². The van der Waals surface area contributed by atoms with E-state index in [1.807, 2.05) is 0 Å². The molecule has 17 heavy (non-hydrogen) atoms. The summed E-state index contributed by atoms with van der Waals surface area (Å²) in [6, 6.07) is 4.90. The second kappa shape index (κ2) is 5.77. The molecule has 0 aromatic heterocycles. The molecule has 1 aromatic rings. The van der Waals surface area contributed by atoms with Gasteiger partial charge in [0, 0.05) is 12.6 Å². The van der Waals surface area contributed by atoms with Crippen molar-refractivity contribution in [3.8, 4) is 0 Å². The Balaban J connectivity index is 0.00000144. The maximum Gasteiger partial charge on any atom is 0.240 e. The fourth-order valence-corrected chi connectivity index (χ4v) is 2.98. The van der Waals surface area contributed by atoms with Crippen molar-refractivity contribution in [2.75, 3.05) is 13.1 Å². The molecular weight excluding hydrogens is 267 g/mol. The van der Waals surface area contributed by atoms with Crippen LogP contribution >= 0.6 is 12.4 Å². The Labute approximate surface area is 106 Å². The molecule has 2 rings (SSSR count). The van der Waals surface area contributed by atoms with Gasteiger partial charge in [-0.05, 0) is 31.2 Å². The van der Waals surface area contributed by atoms with Crippen molar-refractivity contribution in [2.24, 2.45) is 0 Å². The van der Waals surface area contributed by atoms with Crippen LogP contribution in [0.3, 0.4) is 0 Å². The molecule has 0 saturated carbocycles. The van der Waals surface area contributed by atoms with Gasteiger partial charge in [-0.25, -0.2) is 17.5 Å². The topological polar surface area (TPSA) is 58.2 Å². The first-order chi connectivity index (χ1) is 7.58. The smallest absolute Gasteiger partial charge is 0.240 e. The molecule has 1 aliphatic heterocycles. The third kappa shape index (κ3) is 3.64. The first kappa shape index (κ1) is 14.4. The Kier molecular flexibility index (Phi) is 4.88. The van der Waals surface area contributed by atoms with Crippen LogP contribution in [0, 0.1) is 5.82 Å². The summed E-state index contributed by atoms with van der Waals surface area (Å²) in [5.74, 6) is -0.549. The van der Waals surface area contributed by atoms with Crippen LogP contribution in [0.4, 0.5) is 4.39 Å². The summed E-state index contributed by atoms with van der Waals surface area (Å²) in [6.07, 6.45) is 0.758. The molecule has 0 bridgehead atoms. The Morgan fingerprint density at radius 1 is 1.41 bits per heavy atom. The van der Waals surface area contributed by atoms with E-state index in [1.54, 1.807) is 0 Å². The molecule has 0 spiro atoms. The van der Waals surface area contributed by atoms with Crippen LogP contribution in [-0.4, -0.2) is 27.5 Å². The van der Waals surface area contributed by atoms with Gasteiger partial charge in [-0.1, -0.05) is 6.07 Å². The Bertz CT molecular complexity index is 475. The van der Waals surface area contributed by atoms with Gasteiger partial charge in [0.2, 0.25) is 10.0 Å². The van der Waals surface area contributed by atoms with Crippen molar-refractivity contribution in [2.45, 2.75) is 17.4 Å². The fraction of sp³-hybridized carbons (Fsp3) is 0.400. The van der Waals surface area contributed by atoms with Crippen LogP contribution in [0.5, 0.6) is 0 Å². The number of benzene rings is 1. The lowest BCUT2D eigenvalue weighted by molar-refractivity contribution is 0.557. The molecule has 2 N–H and O–H groups in total. The zero-order chi connectivity index (χ0) is 11.6. The highest BCUT2D eigenvalue weighted by Crippen LogP contribution is 2.12. The van der Waals surface area contributed by atoms with Gasteiger partial charge in [-0.3, -0.25) is 0 Å². The van der Waals surface area contributed by atoms with E-state index < -0.39 is 15.8 Å². The molecule has 4 nitrogen and oxygen atoms in total. The van der Waals surface area contributed by atoms with E-state index in [4.69, 9.17) is 0 Å². The van der Waals surface area contributed by atoms with Crippen molar-refractivity contribution in [1.82, 2.24) is 10.0 Å². The summed E-state index contributed by atoms with van der Waals surface area (Å²) in [5, 5.41) is 3.06. The minimum absolute atomic E-state index is 0. The molecule has 1 aliphatic rings. The van der Waals surface area contributed by atoms with Gasteiger partial charge in [0.05, 0.1) is 4.90 Å². The van der Waals surface area contributed by atoms with Gasteiger partial charge in [0.1, 0.15) is 5.82 Å². The van der Waals surface area contributed by atoms with E-state index in [0.29, 0.717) is 6.54 Å². The van der Waals surface area contributed by atoms with Crippen molar-refractivity contribution in [1.29, 1.82) is 0 Å². The largest absolute Gasteiger partial charge is 0.315 e. The molecular formula is C10H14ClFN2O2S. The summed E-state index contributed by atoms with van der Waals surface area (Å²) in [5.41, 5.74) is 0.